The van der Waals surface area contributed by atoms with E-state index in [1.165, 1.54) is 27.8 Å². The molecule has 194 valence electrons. The fraction of sp³-hybridized carbons (Fsp3) is 0.467. The molecule has 2 atom stereocenters. The predicted molar refractivity (Wildman–Crippen MR) is 147 cm³/mol. The van der Waals surface area contributed by atoms with Gasteiger partial charge in [-0.15, -0.1) is 11.3 Å². The highest BCUT2D eigenvalue weighted by Crippen LogP contribution is 2.59. The van der Waals surface area contributed by atoms with Crippen molar-refractivity contribution in [3.05, 3.63) is 63.5 Å². The Hall–Kier alpha value is -2.90. The molecule has 2 aromatic carbocycles. The zero-order chi connectivity index (χ0) is 25.6. The minimum absolute atomic E-state index is 0.00754. The van der Waals surface area contributed by atoms with E-state index in [2.05, 4.69) is 59.8 Å². The third-order valence-corrected chi connectivity index (χ3v) is 9.32. The third kappa shape index (κ3) is 4.53. The van der Waals surface area contributed by atoms with Crippen LogP contribution in [0.2, 0.25) is 0 Å². The zero-order valence-electron chi connectivity index (χ0n) is 21.9. The number of carbonyl (C=O) groups excluding carboxylic acids is 1. The van der Waals surface area contributed by atoms with Gasteiger partial charge >= 0.3 is 5.97 Å². The van der Waals surface area contributed by atoms with Gasteiger partial charge in [-0.1, -0.05) is 23.8 Å². The fourth-order valence-electron chi connectivity index (χ4n) is 6.05. The van der Waals surface area contributed by atoms with Crippen LogP contribution >= 0.6 is 11.3 Å². The monoisotopic (exact) mass is 517 g/mol. The van der Waals surface area contributed by atoms with Gasteiger partial charge in [-0.05, 0) is 86.9 Å². The van der Waals surface area contributed by atoms with Crippen LogP contribution in [-0.2, 0) is 29.1 Å². The Balaban J connectivity index is 1.18. The van der Waals surface area contributed by atoms with Crippen LogP contribution in [0.4, 0.5) is 5.13 Å². The molecule has 0 radical (unpaired) electrons. The summed E-state index contributed by atoms with van der Waals surface area (Å²) in [5.41, 5.74) is 8.40. The molecule has 1 aromatic heterocycles. The van der Waals surface area contributed by atoms with Gasteiger partial charge in [-0.2, -0.15) is 0 Å². The van der Waals surface area contributed by atoms with Gasteiger partial charge in [0.1, 0.15) is 12.4 Å². The molecule has 7 heteroatoms. The van der Waals surface area contributed by atoms with Crippen LogP contribution in [0.3, 0.4) is 0 Å². The molecule has 1 saturated heterocycles. The molecule has 2 fully saturated rings. The molecule has 1 unspecified atom stereocenters. The Morgan fingerprint density at radius 2 is 2.16 bits per heavy atom. The summed E-state index contributed by atoms with van der Waals surface area (Å²) in [5.74, 6) is 1.23. The fourth-order valence-corrected chi connectivity index (χ4v) is 6.91. The second-order valence-electron chi connectivity index (χ2n) is 10.7. The largest absolute Gasteiger partial charge is 0.488 e. The molecule has 1 aliphatic carbocycles. The first-order valence-corrected chi connectivity index (χ1v) is 14.3. The summed E-state index contributed by atoms with van der Waals surface area (Å²) in [6.45, 7) is 10.9. The highest BCUT2D eigenvalue weighted by atomic mass is 32.1. The number of anilines is 1. The molecule has 3 aromatic rings. The molecule has 3 heterocycles. The van der Waals surface area contributed by atoms with Gasteiger partial charge < -0.3 is 19.7 Å². The molecule has 3 aliphatic rings. The number of aryl methyl sites for hydroxylation is 1. The summed E-state index contributed by atoms with van der Waals surface area (Å²) in [6, 6.07) is 10.8. The van der Waals surface area contributed by atoms with E-state index in [1.54, 1.807) is 11.3 Å². The first-order valence-electron chi connectivity index (χ1n) is 13.4. The number of hydrogen-bond acceptors (Lipinski definition) is 7. The molecule has 2 aliphatic heterocycles. The second-order valence-corrected chi connectivity index (χ2v) is 11.5. The number of nitrogens with zero attached hydrogens (tertiary/aromatic N) is 2. The van der Waals surface area contributed by atoms with Gasteiger partial charge in [0.05, 0.1) is 17.7 Å². The smallest absolute Gasteiger partial charge is 0.312 e. The minimum Gasteiger partial charge on any atom is -0.488 e. The Morgan fingerprint density at radius 3 is 3.00 bits per heavy atom. The maximum absolute atomic E-state index is 12.4. The molecule has 6 rings (SSSR count). The lowest BCUT2D eigenvalue weighted by atomic mass is 9.93. The second kappa shape index (κ2) is 9.76. The van der Waals surface area contributed by atoms with Gasteiger partial charge in [0, 0.05) is 30.6 Å². The van der Waals surface area contributed by atoms with Crippen molar-refractivity contribution < 1.29 is 14.3 Å². The van der Waals surface area contributed by atoms with E-state index in [4.69, 9.17) is 14.5 Å². The van der Waals surface area contributed by atoms with Gasteiger partial charge in [0.25, 0.3) is 0 Å². The van der Waals surface area contributed by atoms with Crippen molar-refractivity contribution in [2.24, 2.45) is 11.3 Å². The molecule has 1 N–H and O–H groups in total. The Bertz CT molecular complexity index is 1340. The average molecular weight is 518 g/mol. The Labute approximate surface area is 223 Å². The maximum atomic E-state index is 12.4. The van der Waals surface area contributed by atoms with Crippen LogP contribution < -0.4 is 15.0 Å². The molecule has 0 bridgehead atoms. The number of fused-ring (bicyclic) bond motifs is 2. The molecule has 37 heavy (non-hydrogen) atoms. The lowest BCUT2D eigenvalue weighted by Crippen LogP contribution is -2.38. The Kier molecular flexibility index (Phi) is 6.45. The van der Waals surface area contributed by atoms with Crippen molar-refractivity contribution in [1.29, 1.82) is 0 Å². The SMILES string of the molecule is CCOC(=O)[C@@]12CCN(c3nc(-c4cc(C)ccc4OCc4ccc5c(c4C)CCNC5)cs3)CC1C2. The predicted octanol–water partition coefficient (Wildman–Crippen LogP) is 5.43. The highest BCUT2D eigenvalue weighted by Gasteiger charge is 2.63. The number of benzene rings is 2. The number of aromatic nitrogens is 1. The molecule has 0 amide bonds. The van der Waals surface area contributed by atoms with Crippen LogP contribution in [0.5, 0.6) is 5.75 Å². The van der Waals surface area contributed by atoms with Crippen LogP contribution in [-0.4, -0.2) is 37.2 Å². The highest BCUT2D eigenvalue weighted by molar-refractivity contribution is 7.14. The van der Waals surface area contributed by atoms with Gasteiger partial charge in [-0.3, -0.25) is 4.79 Å². The first-order chi connectivity index (χ1) is 18.0. The van der Waals surface area contributed by atoms with Gasteiger partial charge in [0.2, 0.25) is 0 Å². The van der Waals surface area contributed by atoms with Crippen LogP contribution in [0.1, 0.15) is 47.6 Å². The summed E-state index contributed by atoms with van der Waals surface area (Å²) < 4.78 is 11.8. The number of carbonyl (C=O) groups is 1. The summed E-state index contributed by atoms with van der Waals surface area (Å²) in [4.78, 5) is 19.8. The number of thiazole rings is 1. The van der Waals surface area contributed by atoms with Gasteiger partial charge in [-0.25, -0.2) is 4.98 Å². The van der Waals surface area contributed by atoms with Crippen molar-refractivity contribution in [3.8, 4) is 17.0 Å². The molecular formula is C30H35N3O3S. The molecular weight excluding hydrogens is 482 g/mol. The van der Waals surface area contributed by atoms with E-state index in [1.807, 2.05) is 6.92 Å². The number of nitrogens with one attached hydrogen (secondary N) is 1. The average Bonchev–Trinajstić information content (AvgIpc) is 3.46. The number of hydrogen-bond donors (Lipinski definition) is 1. The molecule has 1 saturated carbocycles. The number of esters is 1. The quantitative estimate of drug-likeness (QED) is 0.422. The zero-order valence-corrected chi connectivity index (χ0v) is 22.7. The van der Waals surface area contributed by atoms with E-state index in [0.29, 0.717) is 19.1 Å². The van der Waals surface area contributed by atoms with Gasteiger partial charge in [0.15, 0.2) is 5.13 Å². The van der Waals surface area contributed by atoms with Crippen molar-refractivity contribution in [2.45, 2.75) is 53.2 Å². The third-order valence-electron chi connectivity index (χ3n) is 8.41. The van der Waals surface area contributed by atoms with Crippen molar-refractivity contribution in [3.63, 3.8) is 0 Å². The van der Waals surface area contributed by atoms with E-state index in [0.717, 1.165) is 67.6 Å². The minimum atomic E-state index is -0.241. The van der Waals surface area contributed by atoms with E-state index >= 15 is 0 Å². The molecule has 0 spiro atoms. The van der Waals surface area contributed by atoms with Crippen molar-refractivity contribution >= 4 is 22.4 Å². The van der Waals surface area contributed by atoms with Crippen LogP contribution in [0.25, 0.3) is 11.3 Å². The Morgan fingerprint density at radius 1 is 1.27 bits per heavy atom. The number of piperidine rings is 1. The maximum Gasteiger partial charge on any atom is 0.312 e. The van der Waals surface area contributed by atoms with Crippen LogP contribution in [0, 0.1) is 25.2 Å². The summed E-state index contributed by atoms with van der Waals surface area (Å²) in [5, 5.41) is 6.61. The van der Waals surface area contributed by atoms with E-state index < -0.39 is 0 Å². The number of ether oxygens (including phenoxy) is 2. The standard InChI is InChI=1S/C30H35N3O3S/c1-4-35-28(34)30-10-12-33(16-23(30)14-30)29-32-26(18-37-29)25-13-19(2)5-8-27(25)36-17-22-7-6-21-15-31-11-9-24(21)20(22)3/h5-8,13,18,23,31H,4,9-12,14-17H2,1-3H3/t23?,30-/m1/s1. The van der Waals surface area contributed by atoms with E-state index in [-0.39, 0.29) is 11.4 Å². The van der Waals surface area contributed by atoms with Crippen LogP contribution in [0.15, 0.2) is 35.7 Å². The lowest BCUT2D eigenvalue weighted by Gasteiger charge is -2.30. The lowest BCUT2D eigenvalue weighted by molar-refractivity contribution is -0.150. The summed E-state index contributed by atoms with van der Waals surface area (Å²) in [7, 11) is 0. The normalized spacial score (nSPS) is 22.2. The summed E-state index contributed by atoms with van der Waals surface area (Å²) >= 11 is 1.67. The first kappa shape index (κ1) is 24.4. The van der Waals surface area contributed by atoms with E-state index in [9.17, 15) is 4.79 Å². The molecule has 6 nitrogen and oxygen atoms in total. The topological polar surface area (TPSA) is 63.7 Å². The number of rotatable bonds is 7. The van der Waals surface area contributed by atoms with Crippen molar-refractivity contribution in [1.82, 2.24) is 10.3 Å². The summed E-state index contributed by atoms with van der Waals surface area (Å²) in [6.07, 6.45) is 2.86. The van der Waals surface area contributed by atoms with Crippen molar-refractivity contribution in [2.75, 3.05) is 31.1 Å².